The van der Waals surface area contributed by atoms with Crippen molar-refractivity contribution in [3.8, 4) is 5.75 Å². The minimum Gasteiger partial charge on any atom is -0.508 e. The summed E-state index contributed by atoms with van der Waals surface area (Å²) < 4.78 is 0.842. The predicted molar refractivity (Wildman–Crippen MR) is 86.0 cm³/mol. The molecule has 1 saturated heterocycles. The number of rotatable bonds is 2. The molecular formula is C15H15BrN4O2. The van der Waals surface area contributed by atoms with Crippen LogP contribution in [0.4, 0.5) is 5.95 Å². The monoisotopic (exact) mass is 362 g/mol. The summed E-state index contributed by atoms with van der Waals surface area (Å²) in [5.74, 6) is 0.715. The van der Waals surface area contributed by atoms with Crippen molar-refractivity contribution in [3.05, 3.63) is 46.7 Å². The maximum absolute atomic E-state index is 12.4. The maximum Gasteiger partial charge on any atom is 0.254 e. The summed E-state index contributed by atoms with van der Waals surface area (Å²) in [6, 6.07) is 6.44. The Morgan fingerprint density at radius 2 is 1.82 bits per heavy atom. The average molecular weight is 363 g/mol. The van der Waals surface area contributed by atoms with Crippen molar-refractivity contribution in [2.45, 2.75) is 0 Å². The number of aromatic hydroxyl groups is 1. The Kier molecular flexibility index (Phi) is 4.24. The van der Waals surface area contributed by atoms with Crippen LogP contribution in [0.2, 0.25) is 0 Å². The van der Waals surface area contributed by atoms with E-state index in [0.717, 1.165) is 4.47 Å². The third-order valence-corrected chi connectivity index (χ3v) is 3.96. The van der Waals surface area contributed by atoms with Crippen molar-refractivity contribution in [1.82, 2.24) is 14.9 Å². The maximum atomic E-state index is 12.4. The summed E-state index contributed by atoms with van der Waals surface area (Å²) in [4.78, 5) is 24.8. The van der Waals surface area contributed by atoms with Crippen LogP contribution in [0.5, 0.6) is 5.75 Å². The Hall–Kier alpha value is -2.15. The van der Waals surface area contributed by atoms with Crippen molar-refractivity contribution in [1.29, 1.82) is 0 Å². The van der Waals surface area contributed by atoms with Crippen LogP contribution in [-0.4, -0.2) is 52.1 Å². The molecule has 114 valence electrons. The highest BCUT2D eigenvalue weighted by atomic mass is 79.9. The first kappa shape index (κ1) is 14.8. The second-order valence-corrected chi connectivity index (χ2v) is 5.95. The zero-order chi connectivity index (χ0) is 15.5. The number of nitrogens with zero attached hydrogens (tertiary/aromatic N) is 4. The highest BCUT2D eigenvalue weighted by Gasteiger charge is 2.23. The van der Waals surface area contributed by atoms with Gasteiger partial charge in [-0.05, 0) is 34.1 Å². The molecule has 1 N–H and O–H groups in total. The van der Waals surface area contributed by atoms with Gasteiger partial charge in [0.15, 0.2) is 0 Å². The molecule has 3 rings (SSSR count). The van der Waals surface area contributed by atoms with Gasteiger partial charge < -0.3 is 14.9 Å². The Balaban J connectivity index is 1.64. The van der Waals surface area contributed by atoms with Gasteiger partial charge in [0.25, 0.3) is 5.91 Å². The van der Waals surface area contributed by atoms with Crippen LogP contribution in [0.25, 0.3) is 0 Å². The van der Waals surface area contributed by atoms with E-state index in [-0.39, 0.29) is 11.7 Å². The van der Waals surface area contributed by atoms with Gasteiger partial charge in [-0.2, -0.15) is 0 Å². The number of amides is 1. The minimum absolute atomic E-state index is 0.0627. The van der Waals surface area contributed by atoms with E-state index < -0.39 is 0 Å². The molecule has 0 radical (unpaired) electrons. The summed E-state index contributed by atoms with van der Waals surface area (Å²) in [7, 11) is 0. The summed E-state index contributed by atoms with van der Waals surface area (Å²) in [5.41, 5.74) is 0.508. The van der Waals surface area contributed by atoms with Gasteiger partial charge in [-0.1, -0.05) is 6.07 Å². The molecule has 1 aromatic heterocycles. The summed E-state index contributed by atoms with van der Waals surface area (Å²) in [6.45, 7) is 2.58. The standard InChI is InChI=1S/C15H15BrN4O2/c16-12-9-17-15(18-10-12)20-6-4-19(5-7-20)14(22)11-2-1-3-13(21)8-11/h1-3,8-10,21H,4-7H2. The molecule has 1 amide bonds. The van der Waals surface area contributed by atoms with E-state index in [1.165, 1.54) is 6.07 Å². The number of halogens is 1. The number of carbonyl (C=O) groups is 1. The van der Waals surface area contributed by atoms with E-state index in [1.807, 2.05) is 0 Å². The van der Waals surface area contributed by atoms with E-state index in [0.29, 0.717) is 37.7 Å². The van der Waals surface area contributed by atoms with Gasteiger partial charge >= 0.3 is 0 Å². The quantitative estimate of drug-likeness (QED) is 0.883. The topological polar surface area (TPSA) is 69.6 Å². The molecule has 1 aliphatic rings. The number of hydrogen-bond donors (Lipinski definition) is 1. The van der Waals surface area contributed by atoms with Gasteiger partial charge in [0.1, 0.15) is 5.75 Å². The van der Waals surface area contributed by atoms with E-state index >= 15 is 0 Å². The smallest absolute Gasteiger partial charge is 0.254 e. The van der Waals surface area contributed by atoms with Gasteiger partial charge in [-0.15, -0.1) is 0 Å². The van der Waals surface area contributed by atoms with Crippen LogP contribution < -0.4 is 4.90 Å². The Morgan fingerprint density at radius 3 is 2.45 bits per heavy atom. The molecule has 0 saturated carbocycles. The molecule has 6 nitrogen and oxygen atoms in total. The zero-order valence-corrected chi connectivity index (χ0v) is 13.4. The molecule has 0 aliphatic carbocycles. The lowest BCUT2D eigenvalue weighted by molar-refractivity contribution is 0.0746. The van der Waals surface area contributed by atoms with Crippen LogP contribution in [0.1, 0.15) is 10.4 Å². The fraction of sp³-hybridized carbons (Fsp3) is 0.267. The number of hydrogen-bond acceptors (Lipinski definition) is 5. The molecule has 0 atom stereocenters. The molecule has 2 heterocycles. The van der Waals surface area contributed by atoms with E-state index in [1.54, 1.807) is 35.5 Å². The number of phenols is 1. The molecule has 1 aromatic carbocycles. The van der Waals surface area contributed by atoms with Crippen LogP contribution >= 0.6 is 15.9 Å². The summed E-state index contributed by atoms with van der Waals surface area (Å²) >= 11 is 3.31. The van der Waals surface area contributed by atoms with Gasteiger partial charge in [0.05, 0.1) is 4.47 Å². The summed E-state index contributed by atoms with van der Waals surface area (Å²) in [5, 5.41) is 9.47. The van der Waals surface area contributed by atoms with Crippen LogP contribution in [0.15, 0.2) is 41.1 Å². The molecule has 0 spiro atoms. The first-order chi connectivity index (χ1) is 10.6. The van der Waals surface area contributed by atoms with E-state index in [4.69, 9.17) is 0 Å². The zero-order valence-electron chi connectivity index (χ0n) is 11.8. The third kappa shape index (κ3) is 3.19. The van der Waals surface area contributed by atoms with Crippen LogP contribution in [0.3, 0.4) is 0 Å². The lowest BCUT2D eigenvalue weighted by atomic mass is 10.1. The number of benzene rings is 1. The normalized spacial score (nSPS) is 15.0. The third-order valence-electron chi connectivity index (χ3n) is 3.55. The van der Waals surface area contributed by atoms with Crippen molar-refractivity contribution in [3.63, 3.8) is 0 Å². The highest BCUT2D eigenvalue weighted by molar-refractivity contribution is 9.10. The number of phenolic OH excluding ortho intramolecular Hbond substituents is 1. The number of aromatic nitrogens is 2. The SMILES string of the molecule is O=C(c1cccc(O)c1)N1CCN(c2ncc(Br)cn2)CC1. The second kappa shape index (κ2) is 6.31. The predicted octanol–water partition coefficient (Wildman–Crippen LogP) is 1.91. The minimum atomic E-state index is -0.0627. The average Bonchev–Trinajstić information content (AvgIpc) is 2.55. The fourth-order valence-corrected chi connectivity index (χ4v) is 2.60. The fourth-order valence-electron chi connectivity index (χ4n) is 2.40. The lowest BCUT2D eigenvalue weighted by Gasteiger charge is -2.34. The van der Waals surface area contributed by atoms with Gasteiger partial charge in [0.2, 0.25) is 5.95 Å². The molecule has 1 aliphatic heterocycles. The summed E-state index contributed by atoms with van der Waals surface area (Å²) in [6.07, 6.45) is 3.43. The molecule has 2 aromatic rings. The lowest BCUT2D eigenvalue weighted by Crippen LogP contribution is -2.49. The van der Waals surface area contributed by atoms with E-state index in [9.17, 15) is 9.90 Å². The first-order valence-corrected chi connectivity index (χ1v) is 7.73. The van der Waals surface area contributed by atoms with Gasteiger partial charge in [-0.3, -0.25) is 4.79 Å². The number of piperazine rings is 1. The Labute approximate surface area is 136 Å². The molecule has 22 heavy (non-hydrogen) atoms. The first-order valence-electron chi connectivity index (χ1n) is 6.94. The van der Waals surface area contributed by atoms with Crippen LogP contribution in [0, 0.1) is 0 Å². The molecule has 0 bridgehead atoms. The number of carbonyl (C=O) groups excluding carboxylic acids is 1. The van der Waals surface area contributed by atoms with Gasteiger partial charge in [-0.25, -0.2) is 9.97 Å². The van der Waals surface area contributed by atoms with Crippen molar-refractivity contribution in [2.24, 2.45) is 0 Å². The van der Waals surface area contributed by atoms with Crippen molar-refractivity contribution < 1.29 is 9.90 Å². The largest absolute Gasteiger partial charge is 0.508 e. The highest BCUT2D eigenvalue weighted by Crippen LogP contribution is 2.16. The molecular weight excluding hydrogens is 348 g/mol. The Bertz CT molecular complexity index is 669. The second-order valence-electron chi connectivity index (χ2n) is 5.03. The molecule has 0 unspecified atom stereocenters. The van der Waals surface area contributed by atoms with Crippen molar-refractivity contribution in [2.75, 3.05) is 31.1 Å². The van der Waals surface area contributed by atoms with Crippen LogP contribution in [-0.2, 0) is 0 Å². The van der Waals surface area contributed by atoms with Crippen molar-refractivity contribution >= 4 is 27.8 Å². The molecule has 1 fully saturated rings. The van der Waals surface area contributed by atoms with E-state index in [2.05, 4.69) is 30.8 Å². The van der Waals surface area contributed by atoms with Gasteiger partial charge in [0, 0.05) is 44.1 Å². The Morgan fingerprint density at radius 1 is 1.14 bits per heavy atom. The number of anilines is 1. The molecule has 7 heteroatoms.